The van der Waals surface area contributed by atoms with Crippen LogP contribution in [0.15, 0.2) is 30.9 Å². The fourth-order valence-electron chi connectivity index (χ4n) is 2.78. The van der Waals surface area contributed by atoms with Crippen LogP contribution in [0.2, 0.25) is 0 Å². The van der Waals surface area contributed by atoms with E-state index in [2.05, 4.69) is 27.8 Å². The molecule has 2 aliphatic heterocycles. The number of hydrogen-bond donors (Lipinski definition) is 4. The summed E-state index contributed by atoms with van der Waals surface area (Å²) in [6.45, 7) is 4.10. The third-order valence-corrected chi connectivity index (χ3v) is 5.04. The van der Waals surface area contributed by atoms with Gasteiger partial charge < -0.3 is 25.4 Å². The van der Waals surface area contributed by atoms with Crippen LogP contribution in [0.5, 0.6) is 11.5 Å². The third kappa shape index (κ3) is 5.64. The summed E-state index contributed by atoms with van der Waals surface area (Å²) in [5.41, 5.74) is 0.160. The van der Waals surface area contributed by atoms with Gasteiger partial charge >= 0.3 is 0 Å². The number of thioether (sulfide) groups is 1. The number of anilines is 1. The number of nitrogens with one attached hydrogen (secondary N) is 4. The zero-order valence-corrected chi connectivity index (χ0v) is 16.0. The Hall–Kier alpha value is -2.72. The minimum Gasteiger partial charge on any atom is -0.454 e. The van der Waals surface area contributed by atoms with Crippen LogP contribution in [0.3, 0.4) is 0 Å². The van der Waals surface area contributed by atoms with Crippen LogP contribution in [-0.2, 0) is 14.4 Å². The van der Waals surface area contributed by atoms with Crippen molar-refractivity contribution < 1.29 is 23.9 Å². The second-order valence-electron chi connectivity index (χ2n) is 6.24. The van der Waals surface area contributed by atoms with Gasteiger partial charge in [-0.05, 0) is 12.1 Å². The number of fused-ring (bicyclic) bond motifs is 1. The normalized spacial score (nSPS) is 20.2. The fourth-order valence-corrected chi connectivity index (χ4v) is 3.67. The molecule has 150 valence electrons. The van der Waals surface area contributed by atoms with Gasteiger partial charge in [-0.15, -0.1) is 18.3 Å². The van der Waals surface area contributed by atoms with Gasteiger partial charge in [0.05, 0.1) is 5.75 Å². The molecule has 28 heavy (non-hydrogen) atoms. The monoisotopic (exact) mass is 406 g/mol. The summed E-state index contributed by atoms with van der Waals surface area (Å²) >= 11 is 1.24. The van der Waals surface area contributed by atoms with Gasteiger partial charge in [0.1, 0.15) is 5.50 Å². The smallest absolute Gasteiger partial charge is 0.234 e. The van der Waals surface area contributed by atoms with Crippen molar-refractivity contribution >= 4 is 35.2 Å². The lowest BCUT2D eigenvalue weighted by Crippen LogP contribution is -2.56. The second kappa shape index (κ2) is 9.47. The van der Waals surface area contributed by atoms with Gasteiger partial charge in [-0.3, -0.25) is 19.7 Å². The van der Waals surface area contributed by atoms with Gasteiger partial charge in [0.15, 0.2) is 11.5 Å². The van der Waals surface area contributed by atoms with Crippen LogP contribution in [0.1, 0.15) is 12.8 Å². The Morgan fingerprint density at radius 3 is 2.93 bits per heavy atom. The van der Waals surface area contributed by atoms with E-state index in [4.69, 9.17) is 9.47 Å². The van der Waals surface area contributed by atoms with Crippen molar-refractivity contribution in [3.63, 3.8) is 0 Å². The van der Waals surface area contributed by atoms with Crippen molar-refractivity contribution in [2.45, 2.75) is 24.4 Å². The van der Waals surface area contributed by atoms with Crippen LogP contribution < -0.4 is 30.7 Å². The number of amides is 3. The van der Waals surface area contributed by atoms with E-state index in [1.807, 2.05) is 0 Å². The highest BCUT2D eigenvalue weighted by atomic mass is 32.2. The van der Waals surface area contributed by atoms with Gasteiger partial charge in [0, 0.05) is 37.2 Å². The van der Waals surface area contributed by atoms with Crippen LogP contribution in [0.4, 0.5) is 5.69 Å². The molecule has 0 bridgehead atoms. The molecule has 3 rings (SSSR count). The summed E-state index contributed by atoms with van der Waals surface area (Å²) in [4.78, 5) is 35.9. The first kappa shape index (κ1) is 20.0. The molecule has 2 atom stereocenters. The highest BCUT2D eigenvalue weighted by Gasteiger charge is 2.28. The molecule has 0 aliphatic carbocycles. The molecule has 2 heterocycles. The molecule has 3 amide bonds. The van der Waals surface area contributed by atoms with E-state index in [1.54, 1.807) is 24.3 Å². The summed E-state index contributed by atoms with van der Waals surface area (Å²) in [7, 11) is 0. The maximum Gasteiger partial charge on any atom is 0.234 e. The lowest BCUT2D eigenvalue weighted by Gasteiger charge is -2.30. The molecule has 0 aromatic heterocycles. The summed E-state index contributed by atoms with van der Waals surface area (Å²) in [5, 5.41) is 11.4. The van der Waals surface area contributed by atoms with E-state index >= 15 is 0 Å². The van der Waals surface area contributed by atoms with E-state index in [1.165, 1.54) is 11.8 Å². The Labute approximate surface area is 166 Å². The zero-order chi connectivity index (χ0) is 19.9. The van der Waals surface area contributed by atoms with E-state index in [0.717, 1.165) is 0 Å². The fraction of sp³-hybridized carbons (Fsp3) is 0.389. The number of carbonyl (C=O) groups excluding carboxylic acids is 3. The maximum absolute atomic E-state index is 12.2. The van der Waals surface area contributed by atoms with Crippen molar-refractivity contribution in [2.75, 3.05) is 24.4 Å². The van der Waals surface area contributed by atoms with Crippen molar-refractivity contribution in [3.8, 4) is 11.5 Å². The topological polar surface area (TPSA) is 118 Å². The van der Waals surface area contributed by atoms with Crippen molar-refractivity contribution in [3.05, 3.63) is 30.9 Å². The molecule has 2 unspecified atom stereocenters. The molecule has 1 aromatic rings. The Morgan fingerprint density at radius 1 is 1.29 bits per heavy atom. The van der Waals surface area contributed by atoms with E-state index < -0.39 is 5.50 Å². The predicted octanol–water partition coefficient (Wildman–Crippen LogP) is 0.541. The average molecular weight is 406 g/mol. The molecule has 1 fully saturated rings. The number of hydrogen-bond acceptors (Lipinski definition) is 7. The van der Waals surface area contributed by atoms with Gasteiger partial charge in [-0.25, -0.2) is 0 Å². The number of benzene rings is 1. The lowest BCUT2D eigenvalue weighted by molar-refractivity contribution is -0.125. The minimum absolute atomic E-state index is 0.127. The first-order valence-electron chi connectivity index (χ1n) is 8.77. The third-order valence-electron chi connectivity index (χ3n) is 4.02. The minimum atomic E-state index is -0.444. The Bertz CT molecular complexity index is 772. The van der Waals surface area contributed by atoms with Crippen LogP contribution in [0, 0.1) is 0 Å². The molecule has 9 nitrogen and oxygen atoms in total. The average Bonchev–Trinajstić information content (AvgIpc) is 3.12. The number of rotatable bonds is 8. The van der Waals surface area contributed by atoms with Gasteiger partial charge in [-0.1, -0.05) is 6.08 Å². The first-order chi connectivity index (χ1) is 13.5. The zero-order valence-electron chi connectivity index (χ0n) is 15.2. The van der Waals surface area contributed by atoms with Crippen LogP contribution in [0.25, 0.3) is 0 Å². The maximum atomic E-state index is 12.2. The Morgan fingerprint density at radius 2 is 2.11 bits per heavy atom. The van der Waals surface area contributed by atoms with Gasteiger partial charge in [-0.2, -0.15) is 0 Å². The SMILES string of the molecule is C=CCNC(=O)CC1CC(=O)NC(SCC(=O)Nc2ccc3c(c2)OCO3)N1. The van der Waals surface area contributed by atoms with E-state index in [0.29, 0.717) is 23.7 Å². The molecule has 1 aromatic carbocycles. The molecule has 4 N–H and O–H groups in total. The van der Waals surface area contributed by atoms with Crippen molar-refractivity contribution in [2.24, 2.45) is 0 Å². The van der Waals surface area contributed by atoms with Crippen LogP contribution >= 0.6 is 11.8 Å². The largest absolute Gasteiger partial charge is 0.454 e. The molecular formula is C18H22N4O5S. The molecule has 0 spiro atoms. The standard InChI is InChI=1S/C18H22N4O5S/c1-2-5-19-15(23)7-12-8-16(24)22-18(21-12)28-9-17(25)20-11-3-4-13-14(6-11)27-10-26-13/h2-4,6,12,18,21H,1,5,7-10H2,(H,19,23)(H,20,25)(H,22,24). The predicted molar refractivity (Wildman–Crippen MR) is 105 cm³/mol. The van der Waals surface area contributed by atoms with E-state index in [9.17, 15) is 14.4 Å². The van der Waals surface area contributed by atoms with Crippen molar-refractivity contribution in [1.29, 1.82) is 0 Å². The number of ether oxygens (including phenoxy) is 2. The molecule has 10 heteroatoms. The number of carbonyl (C=O) groups is 3. The van der Waals surface area contributed by atoms with Gasteiger partial charge in [0.2, 0.25) is 24.5 Å². The highest BCUT2D eigenvalue weighted by molar-refractivity contribution is 8.00. The molecule has 1 saturated heterocycles. The highest BCUT2D eigenvalue weighted by Crippen LogP contribution is 2.34. The van der Waals surface area contributed by atoms with E-state index in [-0.39, 0.29) is 49.2 Å². The van der Waals surface area contributed by atoms with Crippen LogP contribution in [-0.4, -0.2) is 48.4 Å². The second-order valence-corrected chi connectivity index (χ2v) is 7.33. The summed E-state index contributed by atoms with van der Waals surface area (Å²) in [6, 6.07) is 4.88. The lowest BCUT2D eigenvalue weighted by atomic mass is 10.1. The molecule has 0 radical (unpaired) electrons. The quantitative estimate of drug-likeness (QED) is 0.466. The summed E-state index contributed by atoms with van der Waals surface area (Å²) in [6.07, 6.45) is 1.99. The molecule has 2 aliphatic rings. The molecule has 0 saturated carbocycles. The Kier molecular flexibility index (Phi) is 6.77. The van der Waals surface area contributed by atoms with Crippen molar-refractivity contribution in [1.82, 2.24) is 16.0 Å². The summed E-state index contributed by atoms with van der Waals surface area (Å²) in [5.74, 6) is 0.826. The Balaban J connectivity index is 1.45. The first-order valence-corrected chi connectivity index (χ1v) is 9.82. The molecular weight excluding hydrogens is 384 g/mol. The van der Waals surface area contributed by atoms with Gasteiger partial charge in [0.25, 0.3) is 0 Å². The summed E-state index contributed by atoms with van der Waals surface area (Å²) < 4.78 is 10.5.